The first-order chi connectivity index (χ1) is 11.1. The van der Waals surface area contributed by atoms with Gasteiger partial charge in [0.2, 0.25) is 0 Å². The maximum absolute atomic E-state index is 9.43. The molecule has 3 aromatic rings. The number of fused-ring (bicyclic) bond motifs is 1. The molecule has 1 atom stereocenters. The van der Waals surface area contributed by atoms with E-state index in [1.165, 1.54) is 0 Å². The Balaban J connectivity index is 2.30. The third-order valence-electron chi connectivity index (χ3n) is 4.15. The van der Waals surface area contributed by atoms with Gasteiger partial charge in [-0.3, -0.25) is 0 Å². The van der Waals surface area contributed by atoms with Crippen LogP contribution in [0.15, 0.2) is 36.5 Å². The second kappa shape index (κ2) is 5.77. The molecule has 1 unspecified atom stereocenters. The Morgan fingerprint density at radius 2 is 2.00 bits per heavy atom. The van der Waals surface area contributed by atoms with Gasteiger partial charge in [0.15, 0.2) is 0 Å². The van der Waals surface area contributed by atoms with Crippen LogP contribution in [0.5, 0.6) is 5.75 Å². The number of nitriles is 1. The molecule has 0 aliphatic carbocycles. The minimum Gasteiger partial charge on any atom is -0.496 e. The lowest BCUT2D eigenvalue weighted by molar-refractivity contribution is 0.412. The van der Waals surface area contributed by atoms with Crippen molar-refractivity contribution in [3.63, 3.8) is 0 Å². The van der Waals surface area contributed by atoms with E-state index in [1.54, 1.807) is 7.11 Å². The van der Waals surface area contributed by atoms with E-state index in [0.717, 1.165) is 39.5 Å². The molecule has 23 heavy (non-hydrogen) atoms. The van der Waals surface area contributed by atoms with Gasteiger partial charge in [0.1, 0.15) is 11.4 Å². The number of hydrogen-bond donors (Lipinski definition) is 0. The summed E-state index contributed by atoms with van der Waals surface area (Å²) in [5.41, 5.74) is 5.83. The summed E-state index contributed by atoms with van der Waals surface area (Å²) in [6.07, 6.45) is 1.97. The van der Waals surface area contributed by atoms with E-state index in [-0.39, 0.29) is 5.92 Å². The molecule has 0 aliphatic rings. The van der Waals surface area contributed by atoms with Crippen LogP contribution in [0.1, 0.15) is 29.7 Å². The zero-order chi connectivity index (χ0) is 16.6. The Bertz CT molecular complexity index is 918. The number of ether oxygens (including phenoxy) is 1. The molecule has 0 saturated heterocycles. The summed E-state index contributed by atoms with van der Waals surface area (Å²) in [6.45, 7) is 5.95. The molecule has 1 aromatic carbocycles. The fourth-order valence-electron chi connectivity index (χ4n) is 2.94. The summed E-state index contributed by atoms with van der Waals surface area (Å²) in [5.74, 6) is 0.604. The molecule has 0 radical (unpaired) electrons. The van der Waals surface area contributed by atoms with E-state index in [9.17, 15) is 5.26 Å². The number of methoxy groups -OCH3 is 1. The Hall–Kier alpha value is -2.80. The number of imidazole rings is 1. The summed E-state index contributed by atoms with van der Waals surface area (Å²) in [6, 6.07) is 12.4. The zero-order valence-electron chi connectivity index (χ0n) is 13.8. The van der Waals surface area contributed by atoms with E-state index in [2.05, 4.69) is 12.1 Å². The maximum atomic E-state index is 9.43. The molecule has 0 aliphatic heterocycles. The second-order valence-corrected chi connectivity index (χ2v) is 5.77. The minimum absolute atomic E-state index is 0.246. The SMILES string of the molecule is COc1ccc(-c2nc3c(C)cccn3c2C(C)C#N)cc1C. The van der Waals surface area contributed by atoms with Crippen LogP contribution >= 0.6 is 0 Å². The summed E-state index contributed by atoms with van der Waals surface area (Å²) >= 11 is 0. The van der Waals surface area contributed by atoms with Crippen LogP contribution < -0.4 is 4.74 Å². The maximum Gasteiger partial charge on any atom is 0.140 e. The molecular formula is C19H19N3O. The van der Waals surface area contributed by atoms with Crippen molar-refractivity contribution < 1.29 is 4.74 Å². The average molecular weight is 305 g/mol. The molecule has 0 saturated carbocycles. The molecule has 0 fully saturated rings. The predicted molar refractivity (Wildman–Crippen MR) is 90.7 cm³/mol. The molecule has 0 bridgehead atoms. The Kier molecular flexibility index (Phi) is 3.79. The van der Waals surface area contributed by atoms with Gasteiger partial charge in [0, 0.05) is 11.8 Å². The molecule has 2 aromatic heterocycles. The third kappa shape index (κ3) is 2.44. The predicted octanol–water partition coefficient (Wildman–Crippen LogP) is 4.25. The van der Waals surface area contributed by atoms with Gasteiger partial charge in [0.25, 0.3) is 0 Å². The summed E-state index contributed by atoms with van der Waals surface area (Å²) in [4.78, 5) is 4.82. The molecule has 4 nitrogen and oxygen atoms in total. The molecule has 2 heterocycles. The minimum atomic E-state index is -0.246. The summed E-state index contributed by atoms with van der Waals surface area (Å²) in [5, 5.41) is 9.43. The van der Waals surface area contributed by atoms with Crippen molar-refractivity contribution in [1.29, 1.82) is 5.26 Å². The lowest BCUT2D eigenvalue weighted by Gasteiger charge is -2.09. The van der Waals surface area contributed by atoms with Crippen LogP contribution in [0.2, 0.25) is 0 Å². The van der Waals surface area contributed by atoms with Crippen molar-refractivity contribution in [1.82, 2.24) is 9.38 Å². The van der Waals surface area contributed by atoms with Gasteiger partial charge < -0.3 is 9.14 Å². The highest BCUT2D eigenvalue weighted by molar-refractivity contribution is 5.70. The van der Waals surface area contributed by atoms with Crippen LogP contribution in [-0.2, 0) is 0 Å². The van der Waals surface area contributed by atoms with Crippen molar-refractivity contribution in [2.75, 3.05) is 7.11 Å². The van der Waals surface area contributed by atoms with Crippen LogP contribution in [0.4, 0.5) is 0 Å². The first kappa shape index (κ1) is 15.1. The number of aromatic nitrogens is 2. The molecular weight excluding hydrogens is 286 g/mol. The van der Waals surface area contributed by atoms with Gasteiger partial charge in [0.05, 0.1) is 30.5 Å². The number of nitrogens with zero attached hydrogens (tertiary/aromatic N) is 3. The monoisotopic (exact) mass is 305 g/mol. The van der Waals surface area contributed by atoms with Gasteiger partial charge >= 0.3 is 0 Å². The first-order valence-electron chi connectivity index (χ1n) is 7.59. The van der Waals surface area contributed by atoms with E-state index >= 15 is 0 Å². The van der Waals surface area contributed by atoms with Crippen LogP contribution in [0.3, 0.4) is 0 Å². The van der Waals surface area contributed by atoms with Gasteiger partial charge in [-0.05, 0) is 56.2 Å². The topological polar surface area (TPSA) is 50.3 Å². The fraction of sp³-hybridized carbons (Fsp3) is 0.263. The lowest BCUT2D eigenvalue weighted by Crippen LogP contribution is -1.99. The molecule has 0 N–H and O–H groups in total. The summed E-state index contributed by atoms with van der Waals surface area (Å²) < 4.78 is 7.36. The van der Waals surface area contributed by atoms with Crippen LogP contribution in [0.25, 0.3) is 16.9 Å². The molecule has 0 amide bonds. The highest BCUT2D eigenvalue weighted by Crippen LogP contribution is 2.33. The standard InChI is InChI=1S/C19H19N3O/c1-12-6-5-9-22-18(14(3)11-20)17(21-19(12)22)15-7-8-16(23-4)13(2)10-15/h5-10,14H,1-4H3. The zero-order valence-corrected chi connectivity index (χ0v) is 13.8. The lowest BCUT2D eigenvalue weighted by atomic mass is 10.0. The Morgan fingerprint density at radius 1 is 1.22 bits per heavy atom. The normalized spacial score (nSPS) is 12.1. The van der Waals surface area contributed by atoms with Gasteiger partial charge in [-0.2, -0.15) is 5.26 Å². The summed E-state index contributed by atoms with van der Waals surface area (Å²) in [7, 11) is 1.67. The highest BCUT2D eigenvalue weighted by Gasteiger charge is 2.20. The Labute approximate surface area is 136 Å². The van der Waals surface area contributed by atoms with Crippen molar-refractivity contribution in [3.05, 3.63) is 53.3 Å². The number of hydrogen-bond acceptors (Lipinski definition) is 3. The number of rotatable bonds is 3. The fourth-order valence-corrected chi connectivity index (χ4v) is 2.94. The molecule has 0 spiro atoms. The van der Waals surface area contributed by atoms with E-state index in [4.69, 9.17) is 9.72 Å². The smallest absolute Gasteiger partial charge is 0.140 e. The van der Waals surface area contributed by atoms with Gasteiger partial charge in [-0.25, -0.2) is 4.98 Å². The highest BCUT2D eigenvalue weighted by atomic mass is 16.5. The second-order valence-electron chi connectivity index (χ2n) is 5.77. The first-order valence-corrected chi connectivity index (χ1v) is 7.59. The van der Waals surface area contributed by atoms with Crippen LogP contribution in [-0.4, -0.2) is 16.5 Å². The van der Waals surface area contributed by atoms with Gasteiger partial charge in [-0.15, -0.1) is 0 Å². The number of aryl methyl sites for hydroxylation is 2. The van der Waals surface area contributed by atoms with E-state index < -0.39 is 0 Å². The van der Waals surface area contributed by atoms with Crippen molar-refractivity contribution in [2.24, 2.45) is 0 Å². The molecule has 116 valence electrons. The number of pyridine rings is 1. The average Bonchev–Trinajstić information content (AvgIpc) is 2.95. The number of benzene rings is 1. The van der Waals surface area contributed by atoms with Crippen molar-refractivity contribution in [2.45, 2.75) is 26.7 Å². The molecule has 4 heteroatoms. The third-order valence-corrected chi connectivity index (χ3v) is 4.15. The quantitative estimate of drug-likeness (QED) is 0.726. The molecule has 3 rings (SSSR count). The largest absolute Gasteiger partial charge is 0.496 e. The van der Waals surface area contributed by atoms with Crippen molar-refractivity contribution in [3.8, 4) is 23.1 Å². The van der Waals surface area contributed by atoms with Gasteiger partial charge in [-0.1, -0.05) is 6.07 Å². The van der Waals surface area contributed by atoms with E-state index in [1.807, 2.05) is 55.6 Å². The Morgan fingerprint density at radius 3 is 2.65 bits per heavy atom. The van der Waals surface area contributed by atoms with E-state index in [0.29, 0.717) is 0 Å². The van der Waals surface area contributed by atoms with Crippen LogP contribution in [0, 0.1) is 25.2 Å². The van der Waals surface area contributed by atoms with Crippen molar-refractivity contribution >= 4 is 5.65 Å².